The molecule has 0 aliphatic carbocycles. The minimum absolute atomic E-state index is 0.148. The molecule has 3 aromatic rings. The second kappa shape index (κ2) is 9.69. The third-order valence-electron chi connectivity index (χ3n) is 4.97. The number of hydrogen-bond acceptors (Lipinski definition) is 4. The van der Waals surface area contributed by atoms with Gasteiger partial charge in [-0.2, -0.15) is 4.57 Å². The van der Waals surface area contributed by atoms with Crippen LogP contribution >= 0.6 is 0 Å². The van der Waals surface area contributed by atoms with Crippen LogP contribution in [-0.4, -0.2) is 15.9 Å². The summed E-state index contributed by atoms with van der Waals surface area (Å²) < 4.78 is 14.8. The van der Waals surface area contributed by atoms with Gasteiger partial charge in [-0.15, -0.1) is 0 Å². The van der Waals surface area contributed by atoms with Gasteiger partial charge in [-0.1, -0.05) is 24.3 Å². The van der Waals surface area contributed by atoms with E-state index in [1.807, 2.05) is 26.0 Å². The van der Waals surface area contributed by atoms with Crippen LogP contribution in [0.1, 0.15) is 38.7 Å². The summed E-state index contributed by atoms with van der Waals surface area (Å²) in [7, 11) is 0. The van der Waals surface area contributed by atoms with Gasteiger partial charge in [0.05, 0.1) is 13.2 Å². The second-order valence-electron chi connectivity index (χ2n) is 7.16. The van der Waals surface area contributed by atoms with Crippen LogP contribution in [0.15, 0.2) is 72.0 Å². The number of Topliss-reactive ketones (excluding diaryl/α,β-unsaturated/α-hetero) is 1. The Hall–Kier alpha value is -2.96. The molecule has 0 fully saturated rings. The lowest BCUT2D eigenvalue weighted by molar-refractivity contribution is -0.692. The maximum atomic E-state index is 13.4. The molecule has 1 aromatic heterocycles. The fourth-order valence-electron chi connectivity index (χ4n) is 3.07. The van der Waals surface area contributed by atoms with Crippen LogP contribution in [-0.2, 0) is 25.8 Å². The van der Waals surface area contributed by atoms with E-state index < -0.39 is 6.04 Å². The van der Waals surface area contributed by atoms with E-state index in [-0.39, 0.29) is 29.8 Å². The number of halogens is 1. The predicted molar refractivity (Wildman–Crippen MR) is 117 cm³/mol. The van der Waals surface area contributed by atoms with E-state index in [1.165, 1.54) is 12.1 Å². The van der Waals surface area contributed by atoms with Crippen LogP contribution < -0.4 is 4.57 Å². The summed E-state index contributed by atoms with van der Waals surface area (Å²) >= 11 is 5.55. The number of pyridine rings is 1. The molecule has 0 aliphatic heterocycles. The quantitative estimate of drug-likeness (QED) is 0.207. The fraction of sp³-hybridized carbons (Fsp3) is 0.208. The van der Waals surface area contributed by atoms with Gasteiger partial charge < -0.3 is 22.7 Å². The number of ketones is 1. The lowest BCUT2D eigenvalue weighted by atomic mass is 9.99. The summed E-state index contributed by atoms with van der Waals surface area (Å²) in [5.74, 6) is -0.494. The van der Waals surface area contributed by atoms with Crippen molar-refractivity contribution in [3.05, 3.63) is 101 Å². The van der Waals surface area contributed by atoms with Crippen molar-refractivity contribution in [1.82, 2.24) is 0 Å². The molecule has 0 amide bonds. The Morgan fingerprint density at radius 2 is 1.83 bits per heavy atom. The molecule has 0 spiro atoms. The van der Waals surface area contributed by atoms with Gasteiger partial charge in [0, 0.05) is 17.2 Å². The molecule has 4 nitrogen and oxygen atoms in total. The highest BCUT2D eigenvalue weighted by atomic mass is 32.1. The normalized spacial score (nSPS) is 12.6. The molecule has 6 heteroatoms. The van der Waals surface area contributed by atoms with Crippen molar-refractivity contribution < 1.29 is 18.9 Å². The maximum Gasteiger partial charge on any atom is 0.237 e. The number of nitrogens with zero attached hydrogens (tertiary/aromatic N) is 2. The van der Waals surface area contributed by atoms with Gasteiger partial charge in [0.1, 0.15) is 5.82 Å². The average Bonchev–Trinajstić information content (AvgIpc) is 2.75. The first-order chi connectivity index (χ1) is 14.4. The molecule has 0 aliphatic rings. The van der Waals surface area contributed by atoms with Crippen molar-refractivity contribution in [2.24, 2.45) is 4.99 Å². The fourth-order valence-corrected chi connectivity index (χ4v) is 3.36. The molecule has 0 saturated heterocycles. The lowest BCUT2D eigenvalue weighted by Crippen LogP contribution is -2.48. The number of hydrogen-bond donors (Lipinski definition) is 1. The third-order valence-corrected chi connectivity index (χ3v) is 5.32. The zero-order chi connectivity index (χ0) is 21.7. The standard InChI is InChI=1S/C24H23FN2O2S/c1-16-5-8-20(12-17(16)2)23(29)22(27-11-3-4-19(14-27)15-28)24(30)26-13-18-6-9-21(25)10-7-18/h3-12,14,22,28H,13,15H2,1-2H3/t22-/m0/s1. The van der Waals surface area contributed by atoms with E-state index >= 15 is 0 Å². The summed E-state index contributed by atoms with van der Waals surface area (Å²) in [4.78, 5) is 17.9. The first kappa shape index (κ1) is 21.7. The summed E-state index contributed by atoms with van der Waals surface area (Å²) in [5.41, 5.74) is 4.12. The van der Waals surface area contributed by atoms with Crippen molar-refractivity contribution in [3.8, 4) is 0 Å². The monoisotopic (exact) mass is 422 g/mol. The van der Waals surface area contributed by atoms with Crippen LogP contribution in [0.25, 0.3) is 0 Å². The van der Waals surface area contributed by atoms with Gasteiger partial charge in [0.2, 0.25) is 11.8 Å². The topological polar surface area (TPSA) is 53.5 Å². The Balaban J connectivity index is 1.99. The third kappa shape index (κ3) is 5.14. The molecule has 0 saturated carbocycles. The van der Waals surface area contributed by atoms with Gasteiger partial charge in [0.25, 0.3) is 0 Å². The molecule has 2 aromatic carbocycles. The van der Waals surface area contributed by atoms with Crippen LogP contribution in [0, 0.1) is 19.7 Å². The summed E-state index contributed by atoms with van der Waals surface area (Å²) in [5, 5.41) is 9.72. The molecule has 30 heavy (non-hydrogen) atoms. The van der Waals surface area contributed by atoms with Crippen molar-refractivity contribution in [1.29, 1.82) is 0 Å². The van der Waals surface area contributed by atoms with E-state index in [9.17, 15) is 14.3 Å². The van der Waals surface area contributed by atoms with Crippen molar-refractivity contribution >= 4 is 23.5 Å². The minimum atomic E-state index is -0.825. The van der Waals surface area contributed by atoms with Gasteiger partial charge >= 0.3 is 0 Å². The van der Waals surface area contributed by atoms with Gasteiger partial charge in [-0.05, 0) is 59.8 Å². The molecule has 1 N–H and O–H groups in total. The number of aliphatic imine (C=N–C) groups is 1. The number of rotatable bonds is 7. The Bertz CT molecular complexity index is 1080. The van der Waals surface area contributed by atoms with Gasteiger partial charge in [-0.25, -0.2) is 4.39 Å². The lowest BCUT2D eigenvalue weighted by Gasteiger charge is -2.19. The highest BCUT2D eigenvalue weighted by Gasteiger charge is 2.28. The summed E-state index contributed by atoms with van der Waals surface area (Å²) in [6.07, 6.45) is 3.44. The van der Waals surface area contributed by atoms with Crippen LogP contribution in [0.2, 0.25) is 0 Å². The van der Waals surface area contributed by atoms with Gasteiger partial charge in [0.15, 0.2) is 12.4 Å². The molecular weight excluding hydrogens is 399 g/mol. The summed E-state index contributed by atoms with van der Waals surface area (Å²) in [6, 6.07) is 14.3. The van der Waals surface area contributed by atoms with Crippen LogP contribution in [0.4, 0.5) is 4.39 Å². The van der Waals surface area contributed by atoms with Crippen LogP contribution in [0.3, 0.4) is 0 Å². The van der Waals surface area contributed by atoms with E-state index in [1.54, 1.807) is 47.3 Å². The smallest absolute Gasteiger partial charge is 0.237 e. The van der Waals surface area contributed by atoms with Crippen molar-refractivity contribution in [2.75, 3.05) is 0 Å². The molecular formula is C24H23FN2O2S. The molecule has 0 unspecified atom stereocenters. The Morgan fingerprint density at radius 3 is 2.50 bits per heavy atom. The number of carbonyl (C=O) groups is 1. The second-order valence-corrected chi connectivity index (χ2v) is 7.58. The maximum absolute atomic E-state index is 13.4. The highest BCUT2D eigenvalue weighted by Crippen LogP contribution is 2.17. The molecule has 154 valence electrons. The zero-order valence-electron chi connectivity index (χ0n) is 16.9. The Labute approximate surface area is 181 Å². The largest absolute Gasteiger partial charge is 0.758 e. The number of aliphatic hydroxyl groups is 1. The first-order valence-corrected chi connectivity index (χ1v) is 9.97. The minimum Gasteiger partial charge on any atom is -0.758 e. The van der Waals surface area contributed by atoms with Crippen LogP contribution in [0.5, 0.6) is 0 Å². The molecule has 0 radical (unpaired) electrons. The van der Waals surface area contributed by atoms with E-state index in [0.717, 1.165) is 16.7 Å². The number of aryl methyl sites for hydroxylation is 2. The Morgan fingerprint density at radius 1 is 1.10 bits per heavy atom. The van der Waals surface area contributed by atoms with E-state index in [0.29, 0.717) is 11.1 Å². The van der Waals surface area contributed by atoms with Gasteiger partial charge in [-0.3, -0.25) is 4.79 Å². The average molecular weight is 423 g/mol. The molecule has 0 bridgehead atoms. The van der Waals surface area contributed by atoms with E-state index in [4.69, 9.17) is 12.6 Å². The number of carbonyl (C=O) groups excluding carboxylic acids is 1. The number of aromatic nitrogens is 1. The van der Waals surface area contributed by atoms with E-state index in [2.05, 4.69) is 4.99 Å². The highest BCUT2D eigenvalue weighted by molar-refractivity contribution is 7.77. The summed E-state index contributed by atoms with van der Waals surface area (Å²) in [6.45, 7) is 4.04. The Kier molecular flexibility index (Phi) is 7.03. The van der Waals surface area contributed by atoms with Crippen molar-refractivity contribution in [2.45, 2.75) is 33.0 Å². The van der Waals surface area contributed by atoms with Crippen molar-refractivity contribution in [3.63, 3.8) is 0 Å². The first-order valence-electron chi connectivity index (χ1n) is 9.57. The molecule has 1 atom stereocenters. The number of benzene rings is 2. The SMILES string of the molecule is Cc1ccc(C(=O)[C@@H](C([S-])=NCc2ccc(F)cc2)[n+]2cccc(CO)c2)cc1C. The molecule has 1 heterocycles. The number of aliphatic hydroxyl groups excluding tert-OH is 1. The zero-order valence-corrected chi connectivity index (χ0v) is 17.7. The predicted octanol–water partition coefficient (Wildman–Crippen LogP) is 3.79. The molecule has 3 rings (SSSR count).